The van der Waals surface area contributed by atoms with Crippen molar-refractivity contribution in [3.63, 3.8) is 0 Å². The fraction of sp³-hybridized carbons (Fsp3) is 0.909. The minimum atomic E-state index is -1.61. The number of thiol groups is 2. The minimum absolute atomic E-state index is 0.177. The molecular formula is C22H42O4S2Zn. The molecule has 0 rings (SSSR count). The van der Waals surface area contributed by atoms with Crippen molar-refractivity contribution < 1.29 is 36.2 Å². The molecule has 0 aromatic rings. The van der Waals surface area contributed by atoms with Crippen LogP contribution in [0.3, 0.4) is 0 Å². The fourth-order valence-electron chi connectivity index (χ4n) is 3.27. The summed E-state index contributed by atoms with van der Waals surface area (Å²) in [5.74, 6) is 1.37. The molecule has 0 bridgehead atoms. The van der Waals surface area contributed by atoms with Crippen LogP contribution >= 0.6 is 25.3 Å². The Balaban J connectivity index is 4.59. The summed E-state index contributed by atoms with van der Waals surface area (Å²) in [6, 6.07) is 0. The number of esters is 2. The molecule has 0 amide bonds. The molecular weight excluding hydrogens is 458 g/mol. The van der Waals surface area contributed by atoms with E-state index < -0.39 is 17.1 Å². The zero-order chi connectivity index (χ0) is 22.1. The third kappa shape index (κ3) is 13.3. The zero-order valence-corrected chi connectivity index (χ0v) is 23.8. The van der Waals surface area contributed by atoms with Crippen molar-refractivity contribution in [1.82, 2.24) is 0 Å². The van der Waals surface area contributed by atoms with Gasteiger partial charge in [0.2, 0.25) is 0 Å². The molecule has 0 N–H and O–H groups in total. The maximum absolute atomic E-state index is 12.6. The van der Waals surface area contributed by atoms with Crippen LogP contribution in [-0.4, -0.2) is 36.7 Å². The Morgan fingerprint density at radius 1 is 0.759 bits per heavy atom. The van der Waals surface area contributed by atoms with Crippen molar-refractivity contribution in [2.24, 2.45) is 11.8 Å². The van der Waals surface area contributed by atoms with Crippen molar-refractivity contribution in [2.75, 3.05) is 24.7 Å². The third-order valence-corrected chi connectivity index (χ3v) is 13.6. The van der Waals surface area contributed by atoms with E-state index in [-0.39, 0.29) is 21.0 Å². The van der Waals surface area contributed by atoms with Crippen LogP contribution in [0.5, 0.6) is 0 Å². The van der Waals surface area contributed by atoms with Crippen LogP contribution in [0.2, 0.25) is 9.02 Å². The maximum atomic E-state index is 12.6. The van der Waals surface area contributed by atoms with E-state index in [4.69, 9.17) is 9.47 Å². The monoisotopic (exact) mass is 498 g/mol. The first kappa shape index (κ1) is 29.3. The van der Waals surface area contributed by atoms with Crippen LogP contribution in [0.15, 0.2) is 0 Å². The number of ether oxygens (including phenoxy) is 2. The van der Waals surface area contributed by atoms with E-state index in [0.717, 1.165) is 51.4 Å². The quantitative estimate of drug-likeness (QED) is 0.137. The Hall–Kier alpha value is 0.263. The third-order valence-electron chi connectivity index (χ3n) is 5.69. The molecule has 4 nitrogen and oxygen atoms in total. The Morgan fingerprint density at radius 3 is 1.41 bits per heavy atom. The van der Waals surface area contributed by atoms with Gasteiger partial charge in [0, 0.05) is 0 Å². The van der Waals surface area contributed by atoms with Crippen molar-refractivity contribution in [3.8, 4) is 0 Å². The van der Waals surface area contributed by atoms with Gasteiger partial charge in [-0.2, -0.15) is 0 Å². The van der Waals surface area contributed by atoms with E-state index in [2.05, 4.69) is 53.0 Å². The van der Waals surface area contributed by atoms with E-state index in [9.17, 15) is 9.59 Å². The molecule has 29 heavy (non-hydrogen) atoms. The number of hydrogen-bond donors (Lipinski definition) is 2. The molecule has 0 aliphatic carbocycles. The summed E-state index contributed by atoms with van der Waals surface area (Å²) in [6.45, 7) is 9.58. The SMILES string of the molecule is CCCCC(CC)COC(=O)[CH](CS)[Zn][CH](CS)C(=O)OCC(CC)CCCC. The fourth-order valence-corrected chi connectivity index (χ4v) is 8.48. The molecule has 0 aromatic heterocycles. The van der Waals surface area contributed by atoms with Crippen LogP contribution in [0.1, 0.15) is 79.1 Å². The summed E-state index contributed by atoms with van der Waals surface area (Å²) in [5, 5.41) is 0. The number of carbonyl (C=O) groups excluding carboxylic acids is 2. The summed E-state index contributed by atoms with van der Waals surface area (Å²) in [7, 11) is 0. The average molecular weight is 500 g/mol. The van der Waals surface area contributed by atoms with Crippen molar-refractivity contribution in [2.45, 2.75) is 88.1 Å². The molecule has 0 aliphatic heterocycles. The number of carbonyl (C=O) groups is 2. The molecule has 4 unspecified atom stereocenters. The van der Waals surface area contributed by atoms with E-state index in [0.29, 0.717) is 36.6 Å². The van der Waals surface area contributed by atoms with Gasteiger partial charge < -0.3 is 0 Å². The van der Waals surface area contributed by atoms with Crippen LogP contribution in [0.25, 0.3) is 0 Å². The Labute approximate surface area is 197 Å². The Kier molecular flexibility index (Phi) is 19.2. The predicted molar refractivity (Wildman–Crippen MR) is 124 cm³/mol. The van der Waals surface area contributed by atoms with Crippen LogP contribution in [0.4, 0.5) is 0 Å². The number of rotatable bonds is 18. The summed E-state index contributed by atoms with van der Waals surface area (Å²) in [5.41, 5.74) is 0. The second-order valence-corrected chi connectivity index (χ2v) is 13.9. The standard InChI is InChI=1S/2C11H21O2S.Zn/c2*1-3-5-6-10(4-2)9-13-11(12)7-8-14;/h2*7,10,14H,3-6,8-9H2,1-2H3;. The zero-order valence-electron chi connectivity index (χ0n) is 19.0. The van der Waals surface area contributed by atoms with E-state index >= 15 is 0 Å². The van der Waals surface area contributed by atoms with Gasteiger partial charge in [0.25, 0.3) is 0 Å². The van der Waals surface area contributed by atoms with Gasteiger partial charge in [-0.05, 0) is 0 Å². The van der Waals surface area contributed by atoms with Gasteiger partial charge >= 0.3 is 198 Å². The molecule has 7 heteroatoms. The molecule has 4 atom stereocenters. The first-order valence-electron chi connectivity index (χ1n) is 11.5. The van der Waals surface area contributed by atoms with Gasteiger partial charge in [-0.1, -0.05) is 0 Å². The molecule has 0 saturated carbocycles. The van der Waals surface area contributed by atoms with Gasteiger partial charge in [0.15, 0.2) is 0 Å². The van der Waals surface area contributed by atoms with Crippen molar-refractivity contribution in [1.29, 1.82) is 0 Å². The molecule has 0 radical (unpaired) electrons. The van der Waals surface area contributed by atoms with E-state index in [1.54, 1.807) is 0 Å². The van der Waals surface area contributed by atoms with Crippen LogP contribution in [-0.2, 0) is 36.2 Å². The van der Waals surface area contributed by atoms with Gasteiger partial charge in [-0.3, -0.25) is 0 Å². The topological polar surface area (TPSA) is 52.6 Å². The van der Waals surface area contributed by atoms with Gasteiger partial charge in [0.1, 0.15) is 0 Å². The second-order valence-electron chi connectivity index (χ2n) is 8.09. The van der Waals surface area contributed by atoms with Crippen LogP contribution < -0.4 is 0 Å². The molecule has 0 spiro atoms. The molecule has 0 aliphatic rings. The predicted octanol–water partition coefficient (Wildman–Crippen LogP) is 6.02. The van der Waals surface area contributed by atoms with Crippen molar-refractivity contribution >= 4 is 37.2 Å². The summed E-state index contributed by atoms with van der Waals surface area (Å²) in [4.78, 5) is 25.1. The first-order chi connectivity index (χ1) is 14.0. The van der Waals surface area contributed by atoms with E-state index in [1.165, 1.54) is 0 Å². The number of unbranched alkanes of at least 4 members (excludes halogenated alkanes) is 2. The Morgan fingerprint density at radius 2 is 1.14 bits per heavy atom. The summed E-state index contributed by atoms with van der Waals surface area (Å²) in [6.07, 6.45) is 8.85. The van der Waals surface area contributed by atoms with Gasteiger partial charge in [-0.25, -0.2) is 0 Å². The first-order valence-corrected chi connectivity index (χ1v) is 16.2. The molecule has 168 valence electrons. The molecule has 0 fully saturated rings. The molecule has 0 saturated heterocycles. The average Bonchev–Trinajstić information content (AvgIpc) is 2.74. The van der Waals surface area contributed by atoms with Gasteiger partial charge in [-0.15, -0.1) is 0 Å². The number of hydrogen-bond acceptors (Lipinski definition) is 6. The summed E-state index contributed by atoms with van der Waals surface area (Å²) < 4.78 is 10.8. The molecule has 0 heterocycles. The van der Waals surface area contributed by atoms with Gasteiger partial charge in [0.05, 0.1) is 0 Å². The van der Waals surface area contributed by atoms with E-state index in [1.807, 2.05) is 0 Å². The van der Waals surface area contributed by atoms with Crippen molar-refractivity contribution in [3.05, 3.63) is 0 Å². The second kappa shape index (κ2) is 19.0. The van der Waals surface area contributed by atoms with Crippen LogP contribution in [0, 0.1) is 11.8 Å². The Bertz CT molecular complexity index is 399. The normalized spacial score (nSPS) is 15.1. The summed E-state index contributed by atoms with van der Waals surface area (Å²) >= 11 is 7.13. The molecule has 0 aromatic carbocycles.